The SMILES string of the molecule is C#CB(Oc1cccc2cccnc12)c1ccc(C#N)cc1. The fourth-order valence-corrected chi connectivity index (χ4v) is 2.23. The van der Waals surface area contributed by atoms with Crippen molar-refractivity contribution in [3.05, 3.63) is 66.4 Å². The fraction of sp³-hybridized carbons (Fsp3) is 0. The van der Waals surface area contributed by atoms with Gasteiger partial charge in [-0.15, -0.1) is 12.2 Å². The van der Waals surface area contributed by atoms with Crippen LogP contribution in [0.3, 0.4) is 0 Å². The molecule has 0 N–H and O–H groups in total. The highest BCUT2D eigenvalue weighted by molar-refractivity contribution is 6.75. The summed E-state index contributed by atoms with van der Waals surface area (Å²) in [4.78, 5) is 4.35. The van der Waals surface area contributed by atoms with Gasteiger partial charge in [-0.3, -0.25) is 4.98 Å². The average molecular weight is 282 g/mol. The molecule has 3 rings (SSSR count). The molecule has 0 atom stereocenters. The second kappa shape index (κ2) is 6.03. The monoisotopic (exact) mass is 282 g/mol. The second-order valence-electron chi connectivity index (χ2n) is 4.73. The molecule has 0 aliphatic carbocycles. The predicted molar refractivity (Wildman–Crippen MR) is 87.7 cm³/mol. The van der Waals surface area contributed by atoms with Gasteiger partial charge in [-0.05, 0) is 29.7 Å². The Morgan fingerprint density at radius 3 is 2.55 bits per heavy atom. The van der Waals surface area contributed by atoms with Crippen LogP contribution < -0.4 is 10.1 Å². The highest BCUT2D eigenvalue weighted by Gasteiger charge is 2.19. The Hall–Kier alpha value is -3.24. The maximum absolute atomic E-state index is 8.85. The highest BCUT2D eigenvalue weighted by Crippen LogP contribution is 2.23. The Bertz CT molecular complexity index is 886. The van der Waals surface area contributed by atoms with Crippen LogP contribution in [-0.4, -0.2) is 11.9 Å². The van der Waals surface area contributed by atoms with E-state index in [9.17, 15) is 0 Å². The summed E-state index contributed by atoms with van der Waals surface area (Å²) in [5.41, 5.74) is 2.19. The van der Waals surface area contributed by atoms with Crippen LogP contribution >= 0.6 is 0 Å². The minimum absolute atomic E-state index is 0.527. The maximum atomic E-state index is 8.85. The molecule has 1 aromatic heterocycles. The number of pyridine rings is 1. The van der Waals surface area contributed by atoms with Crippen molar-refractivity contribution in [2.45, 2.75) is 0 Å². The first-order valence-electron chi connectivity index (χ1n) is 6.78. The van der Waals surface area contributed by atoms with Crippen molar-refractivity contribution in [1.82, 2.24) is 4.98 Å². The van der Waals surface area contributed by atoms with Crippen molar-refractivity contribution < 1.29 is 4.65 Å². The van der Waals surface area contributed by atoms with E-state index < -0.39 is 6.92 Å². The topological polar surface area (TPSA) is 45.9 Å². The van der Waals surface area contributed by atoms with Crippen molar-refractivity contribution in [3.63, 3.8) is 0 Å². The van der Waals surface area contributed by atoms with Crippen molar-refractivity contribution in [1.29, 1.82) is 5.26 Å². The van der Waals surface area contributed by atoms with E-state index in [0.717, 1.165) is 16.4 Å². The van der Waals surface area contributed by atoms with Gasteiger partial charge in [-0.1, -0.05) is 30.3 Å². The Balaban J connectivity index is 1.95. The number of para-hydroxylation sites is 1. The lowest BCUT2D eigenvalue weighted by atomic mass is 9.62. The van der Waals surface area contributed by atoms with E-state index in [1.165, 1.54) is 0 Å². The third-order valence-electron chi connectivity index (χ3n) is 3.33. The molecule has 0 fully saturated rings. The van der Waals surface area contributed by atoms with Crippen LogP contribution in [-0.2, 0) is 0 Å². The van der Waals surface area contributed by atoms with Crippen LogP contribution in [0.25, 0.3) is 10.9 Å². The number of hydrogen-bond acceptors (Lipinski definition) is 3. The van der Waals surface area contributed by atoms with E-state index in [2.05, 4.69) is 16.9 Å². The molecule has 0 unspecified atom stereocenters. The largest absolute Gasteiger partial charge is 0.544 e. The standard InChI is InChI=1S/C18H11BN2O/c1-2-19(16-10-8-14(13-20)9-11-16)22-17-7-3-5-15-6-4-12-21-18(15)17/h1,3-12H. The molecule has 4 heteroatoms. The predicted octanol–water partition coefficient (Wildman–Crippen LogP) is 2.56. The molecular weight excluding hydrogens is 271 g/mol. The smallest absolute Gasteiger partial charge is 0.480 e. The molecule has 0 saturated carbocycles. The van der Waals surface area contributed by atoms with Gasteiger partial charge in [0, 0.05) is 11.6 Å². The zero-order valence-electron chi connectivity index (χ0n) is 11.7. The third-order valence-corrected chi connectivity index (χ3v) is 3.33. The van der Waals surface area contributed by atoms with E-state index in [4.69, 9.17) is 16.3 Å². The van der Waals surface area contributed by atoms with Crippen LogP contribution in [0.1, 0.15) is 5.56 Å². The molecule has 22 heavy (non-hydrogen) atoms. The summed E-state index contributed by atoms with van der Waals surface area (Å²) in [5, 5.41) is 9.84. The lowest BCUT2D eigenvalue weighted by Crippen LogP contribution is -2.35. The number of terminal acetylenes is 1. The van der Waals surface area contributed by atoms with Gasteiger partial charge in [0.1, 0.15) is 11.3 Å². The summed E-state index contributed by atoms with van der Waals surface area (Å²) in [6, 6.07) is 18.7. The zero-order chi connectivity index (χ0) is 15.4. The summed E-state index contributed by atoms with van der Waals surface area (Å²) >= 11 is 0. The molecule has 0 bridgehead atoms. The van der Waals surface area contributed by atoms with Gasteiger partial charge in [0.2, 0.25) is 0 Å². The minimum Gasteiger partial charge on any atom is -0.544 e. The van der Waals surface area contributed by atoms with Crippen molar-refractivity contribution in [2.75, 3.05) is 0 Å². The number of rotatable bonds is 3. The molecule has 3 aromatic rings. The molecular formula is C18H11BN2O. The number of nitrogens with zero attached hydrogens (tertiary/aromatic N) is 2. The zero-order valence-corrected chi connectivity index (χ0v) is 11.7. The quantitative estimate of drug-likeness (QED) is 0.548. The van der Waals surface area contributed by atoms with E-state index in [1.807, 2.05) is 42.5 Å². The van der Waals surface area contributed by atoms with Crippen LogP contribution in [0, 0.1) is 23.6 Å². The Morgan fingerprint density at radius 1 is 1.05 bits per heavy atom. The van der Waals surface area contributed by atoms with Gasteiger partial charge >= 0.3 is 6.92 Å². The van der Waals surface area contributed by atoms with Crippen molar-refractivity contribution in [3.8, 4) is 24.1 Å². The molecule has 102 valence electrons. The molecule has 1 heterocycles. The van der Waals surface area contributed by atoms with Crippen LogP contribution in [0.4, 0.5) is 0 Å². The first-order valence-corrected chi connectivity index (χ1v) is 6.78. The van der Waals surface area contributed by atoms with E-state index in [1.54, 1.807) is 18.3 Å². The number of benzene rings is 2. The summed E-state index contributed by atoms with van der Waals surface area (Å²) < 4.78 is 5.95. The Labute approximate surface area is 129 Å². The molecule has 0 spiro atoms. The van der Waals surface area contributed by atoms with Crippen LogP contribution in [0.2, 0.25) is 0 Å². The second-order valence-corrected chi connectivity index (χ2v) is 4.73. The van der Waals surface area contributed by atoms with Gasteiger partial charge in [0.05, 0.1) is 11.6 Å². The fourth-order valence-electron chi connectivity index (χ4n) is 2.23. The van der Waals surface area contributed by atoms with Crippen molar-refractivity contribution in [2.24, 2.45) is 0 Å². The Kier molecular flexibility index (Phi) is 3.77. The van der Waals surface area contributed by atoms with Gasteiger partial charge in [-0.25, -0.2) is 0 Å². The van der Waals surface area contributed by atoms with E-state index in [-0.39, 0.29) is 0 Å². The molecule has 0 saturated heterocycles. The van der Waals surface area contributed by atoms with E-state index in [0.29, 0.717) is 11.3 Å². The lowest BCUT2D eigenvalue weighted by molar-refractivity contribution is 0.598. The van der Waals surface area contributed by atoms with Gasteiger partial charge in [-0.2, -0.15) is 5.26 Å². The minimum atomic E-state index is -0.527. The number of aromatic nitrogens is 1. The van der Waals surface area contributed by atoms with Crippen LogP contribution in [0.15, 0.2) is 60.8 Å². The number of nitriles is 1. The van der Waals surface area contributed by atoms with E-state index >= 15 is 0 Å². The van der Waals surface area contributed by atoms with Gasteiger partial charge in [0.25, 0.3) is 0 Å². The molecule has 0 amide bonds. The third kappa shape index (κ3) is 2.64. The van der Waals surface area contributed by atoms with Crippen LogP contribution in [0.5, 0.6) is 5.75 Å². The molecule has 3 nitrogen and oxygen atoms in total. The normalized spacial score (nSPS) is 9.73. The lowest BCUT2D eigenvalue weighted by Gasteiger charge is -2.12. The summed E-state index contributed by atoms with van der Waals surface area (Å²) in [5.74, 6) is 3.28. The van der Waals surface area contributed by atoms with Gasteiger partial charge < -0.3 is 4.65 Å². The molecule has 0 radical (unpaired) electrons. The first kappa shape index (κ1) is 13.7. The molecule has 0 aliphatic rings. The average Bonchev–Trinajstić information content (AvgIpc) is 2.60. The maximum Gasteiger partial charge on any atom is 0.480 e. The highest BCUT2D eigenvalue weighted by atomic mass is 16.4. The summed E-state index contributed by atoms with van der Waals surface area (Å²) in [6.45, 7) is -0.527. The van der Waals surface area contributed by atoms with Crippen molar-refractivity contribution >= 4 is 23.3 Å². The molecule has 0 aliphatic heterocycles. The number of fused-ring (bicyclic) bond motifs is 1. The first-order chi connectivity index (χ1) is 10.8. The Morgan fingerprint density at radius 2 is 1.82 bits per heavy atom. The summed E-state index contributed by atoms with van der Waals surface area (Å²) in [7, 11) is 0. The van der Waals surface area contributed by atoms with Gasteiger partial charge in [0.15, 0.2) is 0 Å². The number of hydrogen-bond donors (Lipinski definition) is 0. The molecule has 2 aromatic carbocycles. The summed E-state index contributed by atoms with van der Waals surface area (Å²) in [6.07, 6.45) is 7.33.